The van der Waals surface area contributed by atoms with Crippen molar-refractivity contribution in [3.05, 3.63) is 86.8 Å². The van der Waals surface area contributed by atoms with E-state index in [2.05, 4.69) is 50.5 Å². The Labute approximate surface area is 211 Å². The van der Waals surface area contributed by atoms with Crippen molar-refractivity contribution in [1.29, 1.82) is 0 Å². The molecule has 4 aromatic rings. The topological polar surface area (TPSA) is 43.4 Å². The summed E-state index contributed by atoms with van der Waals surface area (Å²) >= 11 is 11.3. The highest BCUT2D eigenvalue weighted by molar-refractivity contribution is 9.10. The summed E-state index contributed by atoms with van der Waals surface area (Å²) < 4.78 is 13.1. The SMILES string of the molecule is Clc1ccc(C(Oc2ccc3cc(Br)ccc3c2)c2cnc(NCC3CCOCC3)s2)cc1. The lowest BCUT2D eigenvalue weighted by Gasteiger charge is -2.22. The Balaban J connectivity index is 1.38. The molecule has 1 aliphatic heterocycles. The molecule has 3 aromatic carbocycles. The third-order valence-corrected chi connectivity index (χ3v) is 7.61. The van der Waals surface area contributed by atoms with Crippen molar-refractivity contribution < 1.29 is 9.47 Å². The summed E-state index contributed by atoms with van der Waals surface area (Å²) in [6.45, 7) is 2.62. The van der Waals surface area contributed by atoms with Crippen molar-refractivity contribution in [3.63, 3.8) is 0 Å². The van der Waals surface area contributed by atoms with Crippen LogP contribution in [0.2, 0.25) is 5.02 Å². The van der Waals surface area contributed by atoms with Crippen LogP contribution in [0.25, 0.3) is 10.8 Å². The zero-order valence-corrected chi connectivity index (χ0v) is 21.1. The molecule has 0 radical (unpaired) electrons. The molecule has 1 fully saturated rings. The average molecular weight is 544 g/mol. The van der Waals surface area contributed by atoms with E-state index in [4.69, 9.17) is 21.1 Å². The van der Waals surface area contributed by atoms with Crippen molar-refractivity contribution in [1.82, 2.24) is 4.98 Å². The van der Waals surface area contributed by atoms with Crippen molar-refractivity contribution in [2.75, 3.05) is 25.1 Å². The van der Waals surface area contributed by atoms with E-state index in [1.165, 1.54) is 0 Å². The molecule has 0 aliphatic carbocycles. The smallest absolute Gasteiger partial charge is 0.183 e. The second kappa shape index (κ2) is 10.4. The van der Waals surface area contributed by atoms with Gasteiger partial charge in [-0.1, -0.05) is 63.1 Å². The van der Waals surface area contributed by atoms with E-state index >= 15 is 0 Å². The molecule has 33 heavy (non-hydrogen) atoms. The first-order valence-electron chi connectivity index (χ1n) is 11.0. The molecule has 0 spiro atoms. The maximum Gasteiger partial charge on any atom is 0.183 e. The molecule has 4 nitrogen and oxygen atoms in total. The van der Waals surface area contributed by atoms with E-state index in [-0.39, 0.29) is 6.10 Å². The quantitative estimate of drug-likeness (QED) is 0.259. The summed E-state index contributed by atoms with van der Waals surface area (Å²) in [5.74, 6) is 1.45. The molecule has 7 heteroatoms. The lowest BCUT2D eigenvalue weighted by Crippen LogP contribution is -2.22. The van der Waals surface area contributed by atoms with E-state index in [1.807, 2.05) is 42.6 Å². The van der Waals surface area contributed by atoms with Gasteiger partial charge in [0, 0.05) is 35.5 Å². The van der Waals surface area contributed by atoms with Crippen molar-refractivity contribution in [3.8, 4) is 5.75 Å². The van der Waals surface area contributed by atoms with Crippen LogP contribution in [0.5, 0.6) is 5.75 Å². The number of nitrogens with one attached hydrogen (secondary N) is 1. The molecule has 1 N–H and O–H groups in total. The van der Waals surface area contributed by atoms with Gasteiger partial charge in [0.1, 0.15) is 5.75 Å². The summed E-state index contributed by atoms with van der Waals surface area (Å²) in [6, 6.07) is 20.3. The Kier molecular flexibility index (Phi) is 7.16. The molecule has 1 saturated heterocycles. The van der Waals surface area contributed by atoms with Crippen LogP contribution in [-0.4, -0.2) is 24.7 Å². The number of hydrogen-bond acceptors (Lipinski definition) is 5. The van der Waals surface area contributed by atoms with Gasteiger partial charge in [0.25, 0.3) is 0 Å². The third kappa shape index (κ3) is 5.69. The number of hydrogen-bond donors (Lipinski definition) is 1. The Morgan fingerprint density at radius 1 is 1.06 bits per heavy atom. The molecule has 1 aliphatic rings. The molecule has 0 saturated carbocycles. The Morgan fingerprint density at radius 2 is 1.82 bits per heavy atom. The van der Waals surface area contributed by atoms with Gasteiger partial charge in [0.05, 0.1) is 4.88 Å². The number of rotatable bonds is 7. The first-order valence-corrected chi connectivity index (χ1v) is 13.0. The number of halogens is 2. The van der Waals surface area contributed by atoms with Gasteiger partial charge in [-0.3, -0.25) is 0 Å². The highest BCUT2D eigenvalue weighted by Gasteiger charge is 2.21. The molecule has 2 heterocycles. The van der Waals surface area contributed by atoms with Gasteiger partial charge in [-0.15, -0.1) is 0 Å². The summed E-state index contributed by atoms with van der Waals surface area (Å²) in [5, 5.41) is 7.44. The average Bonchev–Trinajstić information content (AvgIpc) is 3.31. The zero-order chi connectivity index (χ0) is 22.6. The van der Waals surface area contributed by atoms with Crippen LogP contribution in [0.3, 0.4) is 0 Å². The summed E-state index contributed by atoms with van der Waals surface area (Å²) in [5.41, 5.74) is 1.04. The Morgan fingerprint density at radius 3 is 2.64 bits per heavy atom. The Bertz CT molecular complexity index is 1220. The second-order valence-electron chi connectivity index (χ2n) is 8.21. The van der Waals surface area contributed by atoms with Crippen LogP contribution >= 0.6 is 38.9 Å². The second-order valence-corrected chi connectivity index (χ2v) is 10.6. The van der Waals surface area contributed by atoms with E-state index in [1.54, 1.807) is 11.3 Å². The van der Waals surface area contributed by atoms with Gasteiger partial charge in [-0.05, 0) is 71.5 Å². The van der Waals surface area contributed by atoms with Gasteiger partial charge in [-0.2, -0.15) is 0 Å². The molecule has 1 atom stereocenters. The predicted octanol–water partition coefficient (Wildman–Crippen LogP) is 7.72. The van der Waals surface area contributed by atoms with E-state index in [9.17, 15) is 0 Å². The number of benzene rings is 3. The summed E-state index contributed by atoms with van der Waals surface area (Å²) in [6.07, 6.45) is 3.83. The molecule has 0 amide bonds. The zero-order valence-electron chi connectivity index (χ0n) is 18.0. The number of nitrogens with zero attached hydrogens (tertiary/aromatic N) is 1. The van der Waals surface area contributed by atoms with Gasteiger partial charge in [0.15, 0.2) is 11.2 Å². The third-order valence-electron chi connectivity index (χ3n) is 5.87. The minimum Gasteiger partial charge on any atom is -0.480 e. The normalized spacial score (nSPS) is 15.5. The lowest BCUT2D eigenvalue weighted by molar-refractivity contribution is 0.0699. The monoisotopic (exact) mass is 542 g/mol. The molecular formula is C26H24BrClN2O2S. The first-order chi connectivity index (χ1) is 16.1. The van der Waals surface area contributed by atoms with Crippen LogP contribution in [0.4, 0.5) is 5.13 Å². The number of thiazole rings is 1. The van der Waals surface area contributed by atoms with Crippen LogP contribution in [-0.2, 0) is 4.74 Å². The molecular weight excluding hydrogens is 520 g/mol. The molecule has 0 bridgehead atoms. The Hall–Kier alpha value is -2.12. The van der Waals surface area contributed by atoms with Crippen molar-refractivity contribution in [2.24, 2.45) is 5.92 Å². The van der Waals surface area contributed by atoms with Gasteiger partial charge >= 0.3 is 0 Å². The van der Waals surface area contributed by atoms with Crippen LogP contribution in [0.15, 0.2) is 71.3 Å². The van der Waals surface area contributed by atoms with E-state index in [0.717, 1.165) is 69.2 Å². The predicted molar refractivity (Wildman–Crippen MR) is 140 cm³/mol. The number of aromatic nitrogens is 1. The van der Waals surface area contributed by atoms with Crippen molar-refractivity contribution in [2.45, 2.75) is 18.9 Å². The van der Waals surface area contributed by atoms with Gasteiger partial charge < -0.3 is 14.8 Å². The number of anilines is 1. The maximum absolute atomic E-state index is 6.54. The summed E-state index contributed by atoms with van der Waals surface area (Å²) in [7, 11) is 0. The number of ether oxygens (including phenoxy) is 2. The highest BCUT2D eigenvalue weighted by Crippen LogP contribution is 2.35. The fourth-order valence-corrected chi connectivity index (χ4v) is 5.39. The van der Waals surface area contributed by atoms with Crippen molar-refractivity contribution >= 4 is 54.8 Å². The molecule has 1 unspecified atom stereocenters. The largest absolute Gasteiger partial charge is 0.480 e. The molecule has 5 rings (SSSR count). The minimum absolute atomic E-state index is 0.272. The number of fused-ring (bicyclic) bond motifs is 1. The van der Waals surface area contributed by atoms with Crippen LogP contribution < -0.4 is 10.1 Å². The molecule has 1 aromatic heterocycles. The first kappa shape index (κ1) is 22.7. The van der Waals surface area contributed by atoms with Crippen LogP contribution in [0, 0.1) is 5.92 Å². The fourth-order valence-electron chi connectivity index (χ4n) is 4.00. The fraction of sp³-hybridized carbons (Fsp3) is 0.269. The van der Waals surface area contributed by atoms with E-state index in [0.29, 0.717) is 10.9 Å². The van der Waals surface area contributed by atoms with Crippen LogP contribution in [0.1, 0.15) is 29.4 Å². The van der Waals surface area contributed by atoms with Gasteiger partial charge in [0.2, 0.25) is 0 Å². The van der Waals surface area contributed by atoms with Gasteiger partial charge in [-0.25, -0.2) is 4.98 Å². The minimum atomic E-state index is -0.272. The molecule has 170 valence electrons. The lowest BCUT2D eigenvalue weighted by atomic mass is 10.0. The summed E-state index contributed by atoms with van der Waals surface area (Å²) in [4.78, 5) is 5.67. The highest BCUT2D eigenvalue weighted by atomic mass is 79.9. The standard InChI is InChI=1S/C26H24BrClN2O2S/c27-21-5-1-20-14-23(8-4-19(20)13-21)32-25(18-2-6-22(28)7-3-18)24-16-30-26(33-24)29-15-17-9-11-31-12-10-17/h1-8,13-14,16-17,25H,9-12,15H2,(H,29,30). The van der Waals surface area contributed by atoms with E-state index < -0.39 is 0 Å². The maximum atomic E-state index is 6.54.